The largest absolute Gasteiger partial charge is 0.512 e. The third kappa shape index (κ3) is 7.76. The number of allylic oxidation sites excluding steroid dienone is 2. The van der Waals surface area contributed by atoms with E-state index >= 15 is 0 Å². The van der Waals surface area contributed by atoms with Crippen molar-refractivity contribution in [2.75, 3.05) is 0 Å². The predicted molar refractivity (Wildman–Crippen MR) is 168 cm³/mol. The molecule has 0 bridgehead atoms. The van der Waals surface area contributed by atoms with Gasteiger partial charge in [0.25, 0.3) is 0 Å². The minimum absolute atomic E-state index is 0. The van der Waals surface area contributed by atoms with Gasteiger partial charge in [-0.05, 0) is 37.2 Å². The summed E-state index contributed by atoms with van der Waals surface area (Å²) in [5, 5.41) is 12.5. The third-order valence-corrected chi connectivity index (χ3v) is 8.77. The molecule has 2 aromatic carbocycles. The van der Waals surface area contributed by atoms with Crippen molar-refractivity contribution in [2.24, 2.45) is 10.8 Å². The molecular formula is C36H46IrNO3-. The number of carbonyl (C=O) groups is 1. The van der Waals surface area contributed by atoms with Gasteiger partial charge >= 0.3 is 0 Å². The number of carbonyl (C=O) groups excluding carboxylic acids is 1. The Morgan fingerprint density at radius 1 is 0.902 bits per heavy atom. The van der Waals surface area contributed by atoms with Crippen molar-refractivity contribution < 1.29 is 34.4 Å². The minimum Gasteiger partial charge on any atom is -0.512 e. The number of hydrogen-bond acceptors (Lipinski definition) is 4. The number of aliphatic hydroxyl groups is 1. The topological polar surface area (TPSA) is 63.3 Å². The second-order valence-electron chi connectivity index (χ2n) is 12.3. The fourth-order valence-corrected chi connectivity index (χ4v) is 4.68. The van der Waals surface area contributed by atoms with E-state index in [4.69, 9.17) is 9.40 Å². The Morgan fingerprint density at radius 2 is 1.51 bits per heavy atom. The summed E-state index contributed by atoms with van der Waals surface area (Å²) in [7, 11) is 0. The molecule has 4 rings (SSSR count). The first kappa shape index (κ1) is 34.5. The van der Waals surface area contributed by atoms with Gasteiger partial charge in [0.15, 0.2) is 11.4 Å². The molecule has 2 heterocycles. The summed E-state index contributed by atoms with van der Waals surface area (Å²) in [6.45, 7) is 18.8. The van der Waals surface area contributed by atoms with Gasteiger partial charge in [-0.2, -0.15) is 0 Å². The molecule has 0 aliphatic rings. The summed E-state index contributed by atoms with van der Waals surface area (Å²) in [4.78, 5) is 16.9. The molecule has 1 radical (unpaired) electrons. The van der Waals surface area contributed by atoms with Crippen LogP contribution in [0, 0.1) is 16.9 Å². The van der Waals surface area contributed by atoms with Gasteiger partial charge in [-0.1, -0.05) is 97.5 Å². The summed E-state index contributed by atoms with van der Waals surface area (Å²) in [5.74, 6) is 0.286. The van der Waals surface area contributed by atoms with E-state index in [1.165, 1.54) is 17.0 Å². The van der Waals surface area contributed by atoms with Crippen LogP contribution in [0.3, 0.4) is 0 Å². The monoisotopic (exact) mass is 733 g/mol. The van der Waals surface area contributed by atoms with Crippen LogP contribution in [0.5, 0.6) is 0 Å². The Balaban J connectivity index is 0.000000296. The molecule has 1 N–H and O–H groups in total. The van der Waals surface area contributed by atoms with Crippen molar-refractivity contribution in [3.8, 4) is 11.3 Å². The number of aliphatic hydroxyl groups excluding tert-OH is 1. The van der Waals surface area contributed by atoms with E-state index < -0.39 is 0 Å². The standard InChI is InChI=1S/C21H18NO.C15H28O2.Ir/c1-21(2,3)17-13-15(12-14-6-4-5-7-16(14)17)18-8-9-20-19(22-18)10-11-23-20;1-7-14(5,8-2)12(16)11-13(17)15(6,9-3)10-4;/h4-11,13H,1-3H3;11,16H,7-10H2,1-6H3;/q-1;;/b;12-11-;. The minimum atomic E-state index is -0.337. The molecule has 2 aromatic heterocycles. The van der Waals surface area contributed by atoms with E-state index in [-0.39, 0.29) is 47.9 Å². The summed E-state index contributed by atoms with van der Waals surface area (Å²) in [6.07, 6.45) is 6.43. The Kier molecular flexibility index (Phi) is 11.7. The number of furan rings is 1. The van der Waals surface area contributed by atoms with Crippen LogP contribution < -0.4 is 0 Å². The van der Waals surface area contributed by atoms with E-state index in [2.05, 4.69) is 57.2 Å². The van der Waals surface area contributed by atoms with Crippen LogP contribution in [0.4, 0.5) is 0 Å². The molecule has 0 amide bonds. The smallest absolute Gasteiger partial charge is 0.164 e. The summed E-state index contributed by atoms with van der Waals surface area (Å²) in [5.41, 5.74) is 4.41. The van der Waals surface area contributed by atoms with E-state index in [1.54, 1.807) is 6.26 Å². The van der Waals surface area contributed by atoms with Crippen LogP contribution in [0.1, 0.15) is 93.6 Å². The quantitative estimate of drug-likeness (QED) is 0.111. The van der Waals surface area contributed by atoms with E-state index in [0.717, 1.165) is 53.4 Å². The van der Waals surface area contributed by atoms with E-state index in [1.807, 2.05) is 59.7 Å². The zero-order valence-electron chi connectivity index (χ0n) is 26.1. The molecule has 5 heteroatoms. The van der Waals surface area contributed by atoms with Crippen LogP contribution >= 0.6 is 0 Å². The molecule has 4 nitrogen and oxygen atoms in total. The van der Waals surface area contributed by atoms with E-state index in [9.17, 15) is 9.90 Å². The maximum atomic E-state index is 12.2. The van der Waals surface area contributed by atoms with Crippen LogP contribution in [0.25, 0.3) is 33.1 Å². The second kappa shape index (κ2) is 13.9. The van der Waals surface area contributed by atoms with Gasteiger partial charge in [-0.25, -0.2) is 0 Å². The second-order valence-corrected chi connectivity index (χ2v) is 12.3. The SMILES string of the molecule is CC(C)(C)c1cc(-c2ccc3occc3n2)[c-]c2ccccc12.CCC(C)(CC)C(=O)/C=C(\O)C(C)(CC)CC.[Ir]. The molecule has 0 aliphatic heterocycles. The van der Waals surface area contributed by atoms with Gasteiger partial charge < -0.3 is 9.52 Å². The first-order valence-electron chi connectivity index (χ1n) is 14.6. The first-order chi connectivity index (χ1) is 18.8. The van der Waals surface area contributed by atoms with Crippen LogP contribution in [-0.4, -0.2) is 15.9 Å². The normalized spacial score (nSPS) is 12.6. The summed E-state index contributed by atoms with van der Waals surface area (Å²) in [6, 6.07) is 20.0. The van der Waals surface area contributed by atoms with E-state index in [0.29, 0.717) is 0 Å². The maximum absolute atomic E-state index is 12.2. The molecule has 0 saturated carbocycles. The zero-order chi connectivity index (χ0) is 29.7. The number of aromatic nitrogens is 1. The Hall–Kier alpha value is -2.75. The number of nitrogens with zero attached hydrogens (tertiary/aromatic N) is 1. The Bertz CT molecular complexity index is 1480. The Morgan fingerprint density at radius 3 is 2.10 bits per heavy atom. The van der Waals surface area contributed by atoms with Crippen molar-refractivity contribution in [3.05, 3.63) is 78.3 Å². The molecule has 0 aliphatic carbocycles. The fraction of sp³-hybridized carbons (Fsp3) is 0.444. The molecule has 0 unspecified atom stereocenters. The van der Waals surface area contributed by atoms with Gasteiger partial charge in [0, 0.05) is 48.8 Å². The molecule has 41 heavy (non-hydrogen) atoms. The van der Waals surface area contributed by atoms with Crippen molar-refractivity contribution >= 4 is 27.7 Å². The fourth-order valence-electron chi connectivity index (χ4n) is 4.68. The number of pyridine rings is 1. The van der Waals surface area contributed by atoms with Gasteiger partial charge in [-0.15, -0.1) is 29.1 Å². The number of ketones is 1. The zero-order valence-corrected chi connectivity index (χ0v) is 28.5. The third-order valence-electron chi connectivity index (χ3n) is 8.77. The van der Waals surface area contributed by atoms with Crippen LogP contribution in [0.15, 0.2) is 71.0 Å². The maximum Gasteiger partial charge on any atom is 0.164 e. The van der Waals surface area contributed by atoms with Gasteiger partial charge in [0.05, 0.1) is 6.26 Å². The van der Waals surface area contributed by atoms with Crippen LogP contribution in [0.2, 0.25) is 0 Å². The summed E-state index contributed by atoms with van der Waals surface area (Å²) >= 11 is 0. The molecule has 0 saturated heterocycles. The number of rotatable bonds is 8. The van der Waals surface area contributed by atoms with Crippen molar-refractivity contribution in [1.29, 1.82) is 0 Å². The average Bonchev–Trinajstić information content (AvgIpc) is 3.43. The van der Waals surface area contributed by atoms with Crippen LogP contribution in [-0.2, 0) is 30.3 Å². The molecular weight excluding hydrogens is 687 g/mol. The first-order valence-corrected chi connectivity index (χ1v) is 14.6. The van der Waals surface area contributed by atoms with Crippen molar-refractivity contribution in [2.45, 2.75) is 93.4 Å². The number of hydrogen-bond donors (Lipinski definition) is 1. The number of fused-ring (bicyclic) bond motifs is 2. The Labute approximate surface area is 260 Å². The molecule has 0 atom stereocenters. The van der Waals surface area contributed by atoms with Gasteiger partial charge in [-0.3, -0.25) is 9.78 Å². The van der Waals surface area contributed by atoms with Gasteiger partial charge in [0.1, 0.15) is 11.3 Å². The van der Waals surface area contributed by atoms with Crippen molar-refractivity contribution in [1.82, 2.24) is 4.98 Å². The molecule has 4 aromatic rings. The molecule has 223 valence electrons. The average molecular weight is 733 g/mol. The van der Waals surface area contributed by atoms with Gasteiger partial charge in [0.2, 0.25) is 0 Å². The number of benzene rings is 2. The molecule has 0 spiro atoms. The predicted octanol–water partition coefficient (Wildman–Crippen LogP) is 10.4. The van der Waals surface area contributed by atoms with Crippen molar-refractivity contribution in [3.63, 3.8) is 0 Å². The summed E-state index contributed by atoms with van der Waals surface area (Å²) < 4.78 is 5.38. The molecule has 0 fully saturated rings.